The number of aliphatic hydroxyl groups is 1. The van der Waals surface area contributed by atoms with Crippen molar-refractivity contribution in [2.24, 2.45) is 5.73 Å². The number of benzene rings is 3. The van der Waals surface area contributed by atoms with Crippen molar-refractivity contribution in [1.29, 1.82) is 0 Å². The molecular formula is C35H41N5O7. The van der Waals surface area contributed by atoms with Gasteiger partial charge in [0.15, 0.2) is 6.10 Å². The van der Waals surface area contributed by atoms with Gasteiger partial charge in [0.25, 0.3) is 5.91 Å². The second-order valence-corrected chi connectivity index (χ2v) is 11.5. The van der Waals surface area contributed by atoms with E-state index in [9.17, 15) is 29.1 Å². The Morgan fingerprint density at radius 1 is 0.872 bits per heavy atom. The van der Waals surface area contributed by atoms with Crippen molar-refractivity contribution in [3.05, 3.63) is 108 Å². The minimum Gasteiger partial charge on any atom is -0.445 e. The lowest BCUT2D eigenvalue weighted by Crippen LogP contribution is -2.58. The molecule has 248 valence electrons. The summed E-state index contributed by atoms with van der Waals surface area (Å²) >= 11 is 0. The van der Waals surface area contributed by atoms with Gasteiger partial charge in [-0.3, -0.25) is 19.2 Å². The van der Waals surface area contributed by atoms with E-state index in [-0.39, 0.29) is 31.5 Å². The fourth-order valence-corrected chi connectivity index (χ4v) is 5.49. The number of likely N-dealkylation sites (tertiary alicyclic amines) is 1. The molecule has 12 nitrogen and oxygen atoms in total. The lowest BCUT2D eigenvalue weighted by atomic mass is 9.99. The summed E-state index contributed by atoms with van der Waals surface area (Å²) in [5.41, 5.74) is 7.70. The van der Waals surface area contributed by atoms with Crippen LogP contribution < -0.4 is 21.7 Å². The van der Waals surface area contributed by atoms with Gasteiger partial charge in [-0.2, -0.15) is 0 Å². The third kappa shape index (κ3) is 10.1. The highest BCUT2D eigenvalue weighted by atomic mass is 16.5. The molecule has 1 aliphatic heterocycles. The molecule has 0 radical (unpaired) electrons. The first-order valence-corrected chi connectivity index (χ1v) is 15.6. The standard InChI is InChI=1S/C35H41N5O7/c1-23(26-16-9-4-10-17-26)37-33(44)29-18-11-19-40(29)34(45)31(42)27(20-24-12-5-2-6-13-24)38-32(43)28(21-30(36)41)39-35(46)47-22-25-14-7-3-8-15-25/h2-10,12-17,23,27-29,31,42H,11,18-22H2,1H3,(H2,36,41)(H,37,44)(H,38,43)(H,39,46)/t23?,27-,28-,29-,31?/m0/s1. The third-order valence-corrected chi connectivity index (χ3v) is 7.98. The van der Waals surface area contributed by atoms with Crippen LogP contribution in [-0.4, -0.2) is 70.5 Å². The largest absolute Gasteiger partial charge is 0.445 e. The smallest absolute Gasteiger partial charge is 0.408 e. The van der Waals surface area contributed by atoms with Crippen LogP contribution >= 0.6 is 0 Å². The van der Waals surface area contributed by atoms with Crippen LogP contribution in [0.5, 0.6) is 0 Å². The van der Waals surface area contributed by atoms with Crippen molar-refractivity contribution in [2.75, 3.05) is 6.54 Å². The molecule has 0 aliphatic carbocycles. The summed E-state index contributed by atoms with van der Waals surface area (Å²) in [4.78, 5) is 66.3. The van der Waals surface area contributed by atoms with E-state index in [1.54, 1.807) is 54.6 Å². The van der Waals surface area contributed by atoms with Crippen LogP contribution in [0.15, 0.2) is 91.0 Å². The average molecular weight is 644 g/mol. The molecule has 5 amide bonds. The molecule has 3 aromatic rings. The van der Waals surface area contributed by atoms with Crippen molar-refractivity contribution in [3.63, 3.8) is 0 Å². The number of hydrogen-bond donors (Lipinski definition) is 5. The Balaban J connectivity index is 1.47. The molecule has 0 aromatic heterocycles. The number of ether oxygens (including phenoxy) is 1. The highest BCUT2D eigenvalue weighted by Crippen LogP contribution is 2.22. The van der Waals surface area contributed by atoms with E-state index in [4.69, 9.17) is 10.5 Å². The second-order valence-electron chi connectivity index (χ2n) is 11.5. The summed E-state index contributed by atoms with van der Waals surface area (Å²) < 4.78 is 5.20. The summed E-state index contributed by atoms with van der Waals surface area (Å²) in [5.74, 6) is -2.78. The Bertz CT molecular complexity index is 1510. The van der Waals surface area contributed by atoms with Gasteiger partial charge in [0.1, 0.15) is 18.7 Å². The van der Waals surface area contributed by atoms with E-state index < -0.39 is 54.5 Å². The SMILES string of the molecule is CC(NC(=O)[C@@H]1CCCN1C(=O)C(O)[C@H](Cc1ccccc1)NC(=O)[C@H](CC(N)=O)NC(=O)OCc1ccccc1)c1ccccc1. The van der Waals surface area contributed by atoms with Crippen LogP contribution in [0, 0.1) is 0 Å². The van der Waals surface area contributed by atoms with Crippen LogP contribution in [0.1, 0.15) is 48.9 Å². The zero-order valence-corrected chi connectivity index (χ0v) is 26.2. The van der Waals surface area contributed by atoms with Gasteiger partial charge in [-0.1, -0.05) is 91.0 Å². The van der Waals surface area contributed by atoms with Crippen molar-refractivity contribution in [1.82, 2.24) is 20.9 Å². The van der Waals surface area contributed by atoms with Crippen LogP contribution in [0.3, 0.4) is 0 Å². The first-order valence-electron chi connectivity index (χ1n) is 15.6. The number of alkyl carbamates (subject to hydrolysis) is 1. The molecule has 0 bridgehead atoms. The maximum atomic E-state index is 13.8. The Labute approximate surface area is 273 Å². The quantitative estimate of drug-likeness (QED) is 0.178. The summed E-state index contributed by atoms with van der Waals surface area (Å²) in [6, 6.07) is 23.5. The third-order valence-electron chi connectivity index (χ3n) is 7.98. The molecule has 0 saturated carbocycles. The number of carbonyl (C=O) groups is 5. The fourth-order valence-electron chi connectivity index (χ4n) is 5.49. The number of primary amides is 1. The summed E-state index contributed by atoms with van der Waals surface area (Å²) in [6.07, 6.45) is -2.25. The van der Waals surface area contributed by atoms with E-state index in [2.05, 4.69) is 16.0 Å². The van der Waals surface area contributed by atoms with E-state index in [0.29, 0.717) is 24.0 Å². The van der Waals surface area contributed by atoms with Gasteiger partial charge in [-0.05, 0) is 42.9 Å². The van der Waals surface area contributed by atoms with Gasteiger partial charge >= 0.3 is 6.09 Å². The topological polar surface area (TPSA) is 180 Å². The molecule has 2 unspecified atom stereocenters. The molecule has 6 N–H and O–H groups in total. The first-order chi connectivity index (χ1) is 22.6. The normalized spacial score (nSPS) is 16.6. The minimum absolute atomic E-state index is 0.0387. The van der Waals surface area contributed by atoms with E-state index in [1.807, 2.05) is 43.3 Å². The van der Waals surface area contributed by atoms with Crippen LogP contribution in [0.2, 0.25) is 0 Å². The van der Waals surface area contributed by atoms with Gasteiger partial charge in [0, 0.05) is 6.54 Å². The molecule has 1 aliphatic rings. The molecule has 0 spiro atoms. The number of nitrogens with zero attached hydrogens (tertiary/aromatic N) is 1. The molecule has 12 heteroatoms. The molecule has 1 fully saturated rings. The fraction of sp³-hybridized carbons (Fsp3) is 0.343. The van der Waals surface area contributed by atoms with Crippen molar-refractivity contribution in [2.45, 2.75) is 69.5 Å². The Hall–Kier alpha value is -5.23. The second kappa shape index (κ2) is 16.9. The predicted molar refractivity (Wildman–Crippen MR) is 173 cm³/mol. The maximum Gasteiger partial charge on any atom is 0.408 e. The highest BCUT2D eigenvalue weighted by molar-refractivity contribution is 5.93. The number of carbonyl (C=O) groups excluding carboxylic acids is 5. The Morgan fingerprint density at radius 3 is 2.09 bits per heavy atom. The van der Waals surface area contributed by atoms with Crippen molar-refractivity contribution < 1.29 is 33.8 Å². The van der Waals surface area contributed by atoms with Crippen LogP contribution in [0.25, 0.3) is 0 Å². The van der Waals surface area contributed by atoms with Gasteiger partial charge in [0.05, 0.1) is 18.5 Å². The maximum absolute atomic E-state index is 13.8. The van der Waals surface area contributed by atoms with Gasteiger partial charge < -0.3 is 36.4 Å². The lowest BCUT2D eigenvalue weighted by molar-refractivity contribution is -0.147. The molecule has 1 heterocycles. The molecule has 5 atom stereocenters. The number of nitrogens with two attached hydrogens (primary N) is 1. The molecular weight excluding hydrogens is 602 g/mol. The van der Waals surface area contributed by atoms with Gasteiger partial charge in [0.2, 0.25) is 17.7 Å². The van der Waals surface area contributed by atoms with Crippen molar-refractivity contribution >= 4 is 29.7 Å². The number of rotatable bonds is 14. The number of amides is 5. The molecule has 3 aromatic carbocycles. The number of aliphatic hydroxyl groups excluding tert-OH is 1. The Morgan fingerprint density at radius 2 is 1.47 bits per heavy atom. The Kier molecular flexibility index (Phi) is 12.5. The average Bonchev–Trinajstić information content (AvgIpc) is 3.57. The van der Waals surface area contributed by atoms with Crippen LogP contribution in [0.4, 0.5) is 4.79 Å². The summed E-state index contributed by atoms with van der Waals surface area (Å²) in [7, 11) is 0. The summed E-state index contributed by atoms with van der Waals surface area (Å²) in [6.45, 7) is 2.03. The van der Waals surface area contributed by atoms with E-state index >= 15 is 0 Å². The van der Waals surface area contributed by atoms with Crippen LogP contribution in [-0.2, 0) is 36.9 Å². The molecule has 4 rings (SSSR count). The van der Waals surface area contributed by atoms with Crippen molar-refractivity contribution in [3.8, 4) is 0 Å². The highest BCUT2D eigenvalue weighted by Gasteiger charge is 2.40. The van der Waals surface area contributed by atoms with E-state index in [1.165, 1.54) is 4.90 Å². The number of hydrogen-bond acceptors (Lipinski definition) is 7. The first kappa shape index (κ1) is 34.6. The van der Waals surface area contributed by atoms with E-state index in [0.717, 1.165) is 5.56 Å². The monoisotopic (exact) mass is 643 g/mol. The zero-order valence-electron chi connectivity index (χ0n) is 26.2. The number of nitrogens with one attached hydrogen (secondary N) is 3. The minimum atomic E-state index is -1.75. The predicted octanol–water partition coefficient (Wildman–Crippen LogP) is 2.11. The summed E-state index contributed by atoms with van der Waals surface area (Å²) in [5, 5.41) is 19.4. The molecule has 47 heavy (non-hydrogen) atoms. The van der Waals surface area contributed by atoms with Gasteiger partial charge in [-0.15, -0.1) is 0 Å². The van der Waals surface area contributed by atoms with Gasteiger partial charge in [-0.25, -0.2) is 4.79 Å². The molecule has 1 saturated heterocycles. The lowest BCUT2D eigenvalue weighted by Gasteiger charge is -2.31. The zero-order chi connectivity index (χ0) is 33.8.